The maximum Gasteiger partial charge on any atom is 0.253 e. The first-order chi connectivity index (χ1) is 9.60. The molecular weight excluding hydrogens is 254 g/mol. The van der Waals surface area contributed by atoms with E-state index in [0.29, 0.717) is 23.8 Å². The lowest BCUT2D eigenvalue weighted by atomic mass is 10.1. The number of hydrogen-bond donors (Lipinski definition) is 2. The van der Waals surface area contributed by atoms with E-state index in [-0.39, 0.29) is 12.2 Å². The Morgan fingerprint density at radius 1 is 1.25 bits per heavy atom. The molecule has 0 aliphatic carbocycles. The molecule has 0 unspecified atom stereocenters. The van der Waals surface area contributed by atoms with Gasteiger partial charge in [0.15, 0.2) is 0 Å². The van der Waals surface area contributed by atoms with Crippen molar-refractivity contribution < 1.29 is 9.84 Å². The topological polar surface area (TPSA) is 62.3 Å². The molecule has 0 radical (unpaired) electrons. The number of benzene rings is 1. The standard InChI is InChI=1S/C16H19NO3/c1-11(2)10-20-14-5-3-4-12(8-14)15-7-6-13(9-18)16(19)17-15/h3-8,11,18H,9-10H2,1-2H3,(H,17,19). The minimum atomic E-state index is -0.265. The third kappa shape index (κ3) is 3.48. The van der Waals surface area contributed by atoms with Crippen molar-refractivity contribution in [2.45, 2.75) is 20.5 Å². The van der Waals surface area contributed by atoms with E-state index in [1.807, 2.05) is 24.3 Å². The van der Waals surface area contributed by atoms with Crippen molar-refractivity contribution in [3.8, 4) is 17.0 Å². The molecule has 20 heavy (non-hydrogen) atoms. The van der Waals surface area contributed by atoms with E-state index < -0.39 is 0 Å². The number of aliphatic hydroxyl groups is 1. The van der Waals surface area contributed by atoms with E-state index in [4.69, 9.17) is 9.84 Å². The lowest BCUT2D eigenvalue weighted by molar-refractivity contribution is 0.271. The minimum Gasteiger partial charge on any atom is -0.493 e. The molecule has 0 atom stereocenters. The molecule has 1 aromatic carbocycles. The van der Waals surface area contributed by atoms with E-state index in [0.717, 1.165) is 11.3 Å². The molecule has 0 fully saturated rings. The Morgan fingerprint density at radius 2 is 2.05 bits per heavy atom. The van der Waals surface area contributed by atoms with E-state index in [1.54, 1.807) is 12.1 Å². The number of rotatable bonds is 5. The first kappa shape index (κ1) is 14.3. The molecule has 0 aliphatic rings. The Bertz CT molecular complexity index is 632. The van der Waals surface area contributed by atoms with Gasteiger partial charge in [-0.3, -0.25) is 4.79 Å². The molecule has 0 saturated carbocycles. The second-order valence-corrected chi connectivity index (χ2v) is 5.12. The summed E-state index contributed by atoms with van der Waals surface area (Å²) in [4.78, 5) is 14.5. The van der Waals surface area contributed by atoms with Crippen LogP contribution < -0.4 is 10.3 Å². The van der Waals surface area contributed by atoms with Gasteiger partial charge < -0.3 is 14.8 Å². The average molecular weight is 273 g/mol. The van der Waals surface area contributed by atoms with E-state index in [9.17, 15) is 4.79 Å². The molecule has 2 rings (SSSR count). The lowest BCUT2D eigenvalue weighted by Crippen LogP contribution is -2.12. The van der Waals surface area contributed by atoms with Crippen LogP contribution in [0.2, 0.25) is 0 Å². The van der Waals surface area contributed by atoms with Crippen LogP contribution in [0.5, 0.6) is 5.75 Å². The molecule has 0 spiro atoms. The van der Waals surface area contributed by atoms with E-state index in [1.165, 1.54) is 0 Å². The zero-order chi connectivity index (χ0) is 14.5. The number of hydrogen-bond acceptors (Lipinski definition) is 3. The molecule has 0 saturated heterocycles. The van der Waals surface area contributed by atoms with Gasteiger partial charge in [-0.05, 0) is 30.2 Å². The van der Waals surface area contributed by atoms with E-state index in [2.05, 4.69) is 18.8 Å². The van der Waals surface area contributed by atoms with Gasteiger partial charge in [-0.15, -0.1) is 0 Å². The van der Waals surface area contributed by atoms with Crippen LogP contribution in [0, 0.1) is 5.92 Å². The van der Waals surface area contributed by atoms with Crippen molar-refractivity contribution >= 4 is 0 Å². The largest absolute Gasteiger partial charge is 0.493 e. The predicted molar refractivity (Wildman–Crippen MR) is 78.8 cm³/mol. The molecule has 4 heteroatoms. The van der Waals surface area contributed by atoms with Crippen molar-refractivity contribution in [1.29, 1.82) is 0 Å². The fourth-order valence-electron chi connectivity index (χ4n) is 1.81. The summed E-state index contributed by atoms with van der Waals surface area (Å²) in [5, 5.41) is 9.01. The van der Waals surface area contributed by atoms with Gasteiger partial charge in [0.1, 0.15) is 5.75 Å². The van der Waals surface area contributed by atoms with Crippen molar-refractivity contribution in [3.63, 3.8) is 0 Å². The van der Waals surface area contributed by atoms with Crippen LogP contribution in [0.15, 0.2) is 41.2 Å². The summed E-state index contributed by atoms with van der Waals surface area (Å²) in [5.74, 6) is 1.24. The van der Waals surface area contributed by atoms with Crippen LogP contribution >= 0.6 is 0 Å². The van der Waals surface area contributed by atoms with Gasteiger partial charge in [-0.2, -0.15) is 0 Å². The Morgan fingerprint density at radius 3 is 2.70 bits per heavy atom. The quantitative estimate of drug-likeness (QED) is 0.880. The van der Waals surface area contributed by atoms with Gasteiger partial charge in [-0.1, -0.05) is 26.0 Å². The summed E-state index contributed by atoms with van der Waals surface area (Å²) in [6.07, 6.45) is 0. The summed E-state index contributed by atoms with van der Waals surface area (Å²) in [6, 6.07) is 11.0. The molecule has 0 bridgehead atoms. The summed E-state index contributed by atoms with van der Waals surface area (Å²) in [7, 11) is 0. The zero-order valence-corrected chi connectivity index (χ0v) is 11.7. The monoisotopic (exact) mass is 273 g/mol. The highest BCUT2D eigenvalue weighted by Gasteiger charge is 2.04. The maximum atomic E-state index is 11.7. The maximum absolute atomic E-state index is 11.7. The lowest BCUT2D eigenvalue weighted by Gasteiger charge is -2.10. The first-order valence-corrected chi connectivity index (χ1v) is 6.66. The highest BCUT2D eigenvalue weighted by atomic mass is 16.5. The van der Waals surface area contributed by atoms with Crippen LogP contribution in [-0.4, -0.2) is 16.7 Å². The van der Waals surface area contributed by atoms with Crippen molar-refractivity contribution in [2.75, 3.05) is 6.61 Å². The average Bonchev–Trinajstić information content (AvgIpc) is 2.45. The number of nitrogens with one attached hydrogen (secondary N) is 1. The molecule has 4 nitrogen and oxygen atoms in total. The molecule has 2 N–H and O–H groups in total. The second-order valence-electron chi connectivity index (χ2n) is 5.12. The highest BCUT2D eigenvalue weighted by Crippen LogP contribution is 2.22. The summed E-state index contributed by atoms with van der Waals surface area (Å²) in [6.45, 7) is 4.58. The van der Waals surface area contributed by atoms with Gasteiger partial charge >= 0.3 is 0 Å². The molecule has 2 aromatic rings. The zero-order valence-electron chi connectivity index (χ0n) is 11.7. The van der Waals surface area contributed by atoms with Crippen molar-refractivity contribution in [2.24, 2.45) is 5.92 Å². The molecule has 0 aliphatic heterocycles. The third-order valence-corrected chi connectivity index (χ3v) is 2.89. The number of aromatic amines is 1. The van der Waals surface area contributed by atoms with Crippen LogP contribution in [-0.2, 0) is 6.61 Å². The van der Waals surface area contributed by atoms with Crippen LogP contribution in [0.25, 0.3) is 11.3 Å². The Labute approximate surface area is 118 Å². The summed E-state index contributed by atoms with van der Waals surface area (Å²) >= 11 is 0. The minimum absolute atomic E-state index is 0.257. The second kappa shape index (κ2) is 6.39. The SMILES string of the molecule is CC(C)COc1cccc(-c2ccc(CO)c(=O)[nH]2)c1. The Balaban J connectivity index is 2.26. The van der Waals surface area contributed by atoms with Crippen LogP contribution in [0.3, 0.4) is 0 Å². The number of aliphatic hydroxyl groups excluding tert-OH is 1. The number of pyridine rings is 1. The van der Waals surface area contributed by atoms with Gasteiger partial charge in [0, 0.05) is 16.8 Å². The fourth-order valence-corrected chi connectivity index (χ4v) is 1.81. The molecule has 0 amide bonds. The summed E-state index contributed by atoms with van der Waals surface area (Å²) < 4.78 is 5.67. The Hall–Kier alpha value is -2.07. The molecular formula is C16H19NO3. The fraction of sp³-hybridized carbons (Fsp3) is 0.312. The molecule has 1 heterocycles. The number of aromatic nitrogens is 1. The van der Waals surface area contributed by atoms with Crippen LogP contribution in [0.4, 0.5) is 0 Å². The predicted octanol–water partition coefficient (Wildman–Crippen LogP) is 2.57. The number of ether oxygens (including phenoxy) is 1. The smallest absolute Gasteiger partial charge is 0.253 e. The third-order valence-electron chi connectivity index (χ3n) is 2.89. The van der Waals surface area contributed by atoms with Gasteiger partial charge in [0.2, 0.25) is 0 Å². The van der Waals surface area contributed by atoms with Crippen molar-refractivity contribution in [3.05, 3.63) is 52.3 Å². The van der Waals surface area contributed by atoms with Gasteiger partial charge in [0.05, 0.1) is 13.2 Å². The van der Waals surface area contributed by atoms with Gasteiger partial charge in [-0.25, -0.2) is 0 Å². The molecule has 106 valence electrons. The van der Waals surface area contributed by atoms with E-state index >= 15 is 0 Å². The normalized spacial score (nSPS) is 10.8. The van der Waals surface area contributed by atoms with Gasteiger partial charge in [0.25, 0.3) is 5.56 Å². The first-order valence-electron chi connectivity index (χ1n) is 6.66. The van der Waals surface area contributed by atoms with Crippen molar-refractivity contribution in [1.82, 2.24) is 4.98 Å². The Kier molecular flexibility index (Phi) is 4.58. The summed E-state index contributed by atoms with van der Waals surface area (Å²) in [5.41, 5.74) is 1.69. The molecule has 1 aromatic heterocycles. The highest BCUT2D eigenvalue weighted by molar-refractivity contribution is 5.61. The number of H-pyrrole nitrogens is 1. The van der Waals surface area contributed by atoms with Crippen LogP contribution in [0.1, 0.15) is 19.4 Å².